The van der Waals surface area contributed by atoms with Crippen molar-refractivity contribution in [1.82, 2.24) is 0 Å². The summed E-state index contributed by atoms with van der Waals surface area (Å²) in [6.07, 6.45) is 0. The second-order valence-electron chi connectivity index (χ2n) is 5.03. The summed E-state index contributed by atoms with van der Waals surface area (Å²) in [7, 11) is 0. The number of nitrogen functional groups attached to an aromatic ring is 1. The summed E-state index contributed by atoms with van der Waals surface area (Å²) in [5.41, 5.74) is 23.9. The number of benzene rings is 2. The van der Waals surface area contributed by atoms with Gasteiger partial charge in [-0.15, -0.1) is 0 Å². The maximum absolute atomic E-state index is 6.09. The molecule has 0 bridgehead atoms. The van der Waals surface area contributed by atoms with Crippen LogP contribution in [0.1, 0.15) is 44.4 Å². The quantitative estimate of drug-likeness (QED) is 0.419. The molecule has 2 aromatic carbocycles. The average molecular weight is 329 g/mol. The fraction of sp³-hybridized carbons (Fsp3) is 0.350. The molecule has 2 aromatic rings. The van der Waals surface area contributed by atoms with Gasteiger partial charge in [0, 0.05) is 0 Å². The maximum Gasteiger partial charge on any atom is 0.191 e. The fourth-order valence-corrected chi connectivity index (χ4v) is 2.50. The van der Waals surface area contributed by atoms with Gasteiger partial charge >= 0.3 is 0 Å². The van der Waals surface area contributed by atoms with Crippen LogP contribution in [-0.2, 0) is 0 Å². The SMILES string of the molecule is CC.CC.Cc1cc(-c2c(C)cccc2C)cc(N)c1N=C(N)N. The molecule has 0 aliphatic heterocycles. The monoisotopic (exact) mass is 328 g/mol. The third kappa shape index (κ3) is 5.30. The van der Waals surface area contributed by atoms with Crippen molar-refractivity contribution in [1.29, 1.82) is 0 Å². The molecule has 0 saturated heterocycles. The first-order chi connectivity index (χ1) is 11.4. The highest BCUT2D eigenvalue weighted by atomic mass is 15.0. The predicted octanol–water partition coefficient (Wildman–Crippen LogP) is 4.82. The number of aliphatic imine (C=N–C) groups is 1. The third-order valence-electron chi connectivity index (χ3n) is 3.34. The minimum Gasteiger partial charge on any atom is -0.397 e. The summed E-state index contributed by atoms with van der Waals surface area (Å²) < 4.78 is 0. The van der Waals surface area contributed by atoms with E-state index < -0.39 is 0 Å². The number of rotatable bonds is 2. The summed E-state index contributed by atoms with van der Waals surface area (Å²) >= 11 is 0. The van der Waals surface area contributed by atoms with E-state index in [1.165, 1.54) is 16.7 Å². The minimum atomic E-state index is 0.0135. The number of hydrogen-bond acceptors (Lipinski definition) is 2. The van der Waals surface area contributed by atoms with Gasteiger partial charge in [-0.25, -0.2) is 4.99 Å². The van der Waals surface area contributed by atoms with E-state index in [1.807, 2.05) is 40.7 Å². The van der Waals surface area contributed by atoms with Gasteiger partial charge in [-0.05, 0) is 60.7 Å². The summed E-state index contributed by atoms with van der Waals surface area (Å²) in [5.74, 6) is 0.0135. The van der Waals surface area contributed by atoms with Crippen molar-refractivity contribution in [2.45, 2.75) is 48.5 Å². The first-order valence-electron chi connectivity index (χ1n) is 8.46. The van der Waals surface area contributed by atoms with E-state index >= 15 is 0 Å². The van der Waals surface area contributed by atoms with Crippen molar-refractivity contribution in [2.24, 2.45) is 16.5 Å². The molecule has 0 saturated carbocycles. The molecule has 0 aliphatic rings. The molecule has 2 rings (SSSR count). The Balaban J connectivity index is 0.00000123. The number of nitrogens with two attached hydrogens (primary N) is 3. The second-order valence-corrected chi connectivity index (χ2v) is 5.03. The lowest BCUT2D eigenvalue weighted by molar-refractivity contribution is 1.34. The first kappa shape index (κ1) is 21.5. The molecular weight excluding hydrogens is 296 g/mol. The van der Waals surface area contributed by atoms with Crippen molar-refractivity contribution in [2.75, 3.05) is 5.73 Å². The molecule has 0 radical (unpaired) electrons. The van der Waals surface area contributed by atoms with Crippen LogP contribution >= 0.6 is 0 Å². The maximum atomic E-state index is 6.09. The van der Waals surface area contributed by atoms with Crippen LogP contribution < -0.4 is 17.2 Å². The van der Waals surface area contributed by atoms with Crippen molar-refractivity contribution in [3.05, 3.63) is 47.0 Å². The zero-order valence-electron chi connectivity index (χ0n) is 16.1. The normalized spacial score (nSPS) is 9.12. The van der Waals surface area contributed by atoms with Gasteiger partial charge in [0.05, 0.1) is 11.4 Å². The summed E-state index contributed by atoms with van der Waals surface area (Å²) in [4.78, 5) is 4.09. The molecule has 4 nitrogen and oxygen atoms in total. The molecule has 0 atom stereocenters. The molecule has 6 N–H and O–H groups in total. The number of guanidine groups is 1. The van der Waals surface area contributed by atoms with Crippen LogP contribution in [-0.4, -0.2) is 5.96 Å². The van der Waals surface area contributed by atoms with Gasteiger partial charge in [-0.1, -0.05) is 45.9 Å². The van der Waals surface area contributed by atoms with Gasteiger partial charge in [0.2, 0.25) is 0 Å². The highest BCUT2D eigenvalue weighted by molar-refractivity contribution is 5.85. The molecule has 0 fully saturated rings. The van der Waals surface area contributed by atoms with E-state index in [2.05, 4.69) is 43.1 Å². The minimum absolute atomic E-state index is 0.0135. The Morgan fingerprint density at radius 2 is 1.33 bits per heavy atom. The Bertz CT molecular complexity index is 641. The van der Waals surface area contributed by atoms with E-state index in [4.69, 9.17) is 17.2 Å². The zero-order valence-corrected chi connectivity index (χ0v) is 16.1. The summed E-state index contributed by atoms with van der Waals surface area (Å²) in [6, 6.07) is 10.2. The van der Waals surface area contributed by atoms with Crippen LogP contribution in [0.15, 0.2) is 35.3 Å². The van der Waals surface area contributed by atoms with E-state index in [0.717, 1.165) is 11.1 Å². The fourth-order valence-electron chi connectivity index (χ4n) is 2.50. The lowest BCUT2D eigenvalue weighted by Gasteiger charge is -2.13. The molecule has 0 amide bonds. The van der Waals surface area contributed by atoms with Crippen molar-refractivity contribution >= 4 is 17.3 Å². The highest BCUT2D eigenvalue weighted by Gasteiger charge is 2.10. The predicted molar refractivity (Wildman–Crippen MR) is 109 cm³/mol. The molecule has 0 aliphatic carbocycles. The molecule has 0 unspecified atom stereocenters. The first-order valence-corrected chi connectivity index (χ1v) is 8.46. The average Bonchev–Trinajstić information content (AvgIpc) is 2.54. The standard InChI is InChI=1S/C16H20N4.2C2H6/c1-9-5-4-6-10(2)14(9)12-7-11(3)15(13(17)8-12)20-16(18)19;2*1-2/h4-8H,17H2,1-3H3,(H4,18,19,20);2*1-2H3. The molecule has 0 spiro atoms. The molecule has 0 heterocycles. The van der Waals surface area contributed by atoms with Gasteiger partial charge in [0.25, 0.3) is 0 Å². The van der Waals surface area contributed by atoms with E-state index in [0.29, 0.717) is 11.4 Å². The van der Waals surface area contributed by atoms with Crippen LogP contribution in [0.5, 0.6) is 0 Å². The number of hydrogen-bond donors (Lipinski definition) is 3. The highest BCUT2D eigenvalue weighted by Crippen LogP contribution is 2.35. The van der Waals surface area contributed by atoms with E-state index in [-0.39, 0.29) is 5.96 Å². The van der Waals surface area contributed by atoms with Gasteiger partial charge in [0.15, 0.2) is 5.96 Å². The second kappa shape index (κ2) is 10.3. The molecule has 132 valence electrons. The zero-order chi connectivity index (χ0) is 18.9. The Hall–Kier alpha value is -2.49. The Kier molecular flexibility index (Phi) is 9.25. The van der Waals surface area contributed by atoms with Crippen LogP contribution in [0.4, 0.5) is 11.4 Å². The smallest absolute Gasteiger partial charge is 0.191 e. The largest absolute Gasteiger partial charge is 0.397 e. The van der Waals surface area contributed by atoms with Crippen molar-refractivity contribution in [3.8, 4) is 11.1 Å². The van der Waals surface area contributed by atoms with Gasteiger partial charge in [-0.2, -0.15) is 0 Å². The van der Waals surface area contributed by atoms with Crippen molar-refractivity contribution < 1.29 is 0 Å². The van der Waals surface area contributed by atoms with E-state index in [9.17, 15) is 0 Å². The number of anilines is 1. The topological polar surface area (TPSA) is 90.4 Å². The van der Waals surface area contributed by atoms with E-state index in [1.54, 1.807) is 0 Å². The van der Waals surface area contributed by atoms with Gasteiger partial charge < -0.3 is 17.2 Å². The Morgan fingerprint density at radius 3 is 1.75 bits per heavy atom. The molecule has 0 aromatic heterocycles. The molecule has 4 heteroatoms. The van der Waals surface area contributed by atoms with Gasteiger partial charge in [-0.3, -0.25) is 0 Å². The van der Waals surface area contributed by atoms with Crippen LogP contribution in [0.25, 0.3) is 11.1 Å². The summed E-state index contributed by atoms with van der Waals surface area (Å²) in [5, 5.41) is 0. The third-order valence-corrected chi connectivity index (χ3v) is 3.34. The van der Waals surface area contributed by atoms with Crippen LogP contribution in [0.3, 0.4) is 0 Å². The van der Waals surface area contributed by atoms with Crippen LogP contribution in [0.2, 0.25) is 0 Å². The lowest BCUT2D eigenvalue weighted by Crippen LogP contribution is -2.22. The summed E-state index contributed by atoms with van der Waals surface area (Å²) in [6.45, 7) is 14.1. The van der Waals surface area contributed by atoms with Gasteiger partial charge in [0.1, 0.15) is 0 Å². The molecule has 24 heavy (non-hydrogen) atoms. The van der Waals surface area contributed by atoms with Crippen LogP contribution in [0, 0.1) is 20.8 Å². The lowest BCUT2D eigenvalue weighted by atomic mass is 9.94. The molecular formula is C20H32N4. The van der Waals surface area contributed by atoms with Crippen molar-refractivity contribution in [3.63, 3.8) is 0 Å². The number of nitrogens with zero attached hydrogens (tertiary/aromatic N) is 1. The Labute approximate surface area is 146 Å². The number of aryl methyl sites for hydroxylation is 3. The Morgan fingerprint density at radius 1 is 0.833 bits per heavy atom.